The van der Waals surface area contributed by atoms with Crippen LogP contribution in [0.2, 0.25) is 0 Å². The average molecular weight is 179 g/mol. The predicted molar refractivity (Wildman–Crippen MR) is 48.7 cm³/mol. The van der Waals surface area contributed by atoms with Gasteiger partial charge in [0.05, 0.1) is 12.4 Å². The molecule has 13 heavy (non-hydrogen) atoms. The zero-order valence-corrected chi connectivity index (χ0v) is 7.66. The Labute approximate surface area is 77.4 Å². The molecule has 0 aromatic carbocycles. The minimum Gasteiger partial charge on any atom is -0.486 e. The van der Waals surface area contributed by atoms with E-state index in [0.29, 0.717) is 0 Å². The van der Waals surface area contributed by atoms with Crippen LogP contribution >= 0.6 is 0 Å². The van der Waals surface area contributed by atoms with Gasteiger partial charge in [-0.2, -0.15) is 0 Å². The van der Waals surface area contributed by atoms with Gasteiger partial charge in [-0.1, -0.05) is 0 Å². The highest BCUT2D eigenvalue weighted by Crippen LogP contribution is 2.11. The maximum atomic E-state index is 5.64. The lowest BCUT2D eigenvalue weighted by Crippen LogP contribution is -2.19. The standard InChI is InChI=1S/C9H13N3O/c1-7-11-5-9(6-12-7)13-8-2-3-10-4-8/h5-6,8,10H,2-4H2,1H3/t8-/m1/s1. The summed E-state index contributed by atoms with van der Waals surface area (Å²) in [6.45, 7) is 3.83. The molecular formula is C9H13N3O. The average Bonchev–Trinajstić information content (AvgIpc) is 2.62. The quantitative estimate of drug-likeness (QED) is 0.719. The molecule has 1 fully saturated rings. The fourth-order valence-electron chi connectivity index (χ4n) is 1.36. The number of aryl methyl sites for hydroxylation is 1. The Morgan fingerprint density at radius 2 is 2.23 bits per heavy atom. The van der Waals surface area contributed by atoms with E-state index in [0.717, 1.165) is 31.1 Å². The Bertz CT molecular complexity index is 267. The molecule has 2 heterocycles. The van der Waals surface area contributed by atoms with Gasteiger partial charge >= 0.3 is 0 Å². The smallest absolute Gasteiger partial charge is 0.156 e. The fourth-order valence-corrected chi connectivity index (χ4v) is 1.36. The van der Waals surface area contributed by atoms with Gasteiger partial charge in [-0.3, -0.25) is 0 Å². The lowest BCUT2D eigenvalue weighted by atomic mass is 10.3. The highest BCUT2D eigenvalue weighted by Gasteiger charge is 2.15. The third-order valence-corrected chi connectivity index (χ3v) is 2.08. The van der Waals surface area contributed by atoms with Gasteiger partial charge in [0.2, 0.25) is 0 Å². The maximum absolute atomic E-state index is 5.64. The van der Waals surface area contributed by atoms with Crippen LogP contribution in [-0.2, 0) is 0 Å². The molecule has 2 rings (SSSR count). The number of hydrogen-bond acceptors (Lipinski definition) is 4. The Kier molecular flexibility index (Phi) is 2.40. The summed E-state index contributed by atoms with van der Waals surface area (Å²) in [7, 11) is 0. The second kappa shape index (κ2) is 3.70. The molecule has 4 heteroatoms. The van der Waals surface area contributed by atoms with Crippen LogP contribution in [0.15, 0.2) is 12.4 Å². The number of rotatable bonds is 2. The Hall–Kier alpha value is -1.16. The molecule has 0 bridgehead atoms. The monoisotopic (exact) mass is 179 g/mol. The molecule has 4 nitrogen and oxygen atoms in total. The molecule has 70 valence electrons. The van der Waals surface area contributed by atoms with E-state index in [1.54, 1.807) is 12.4 Å². The van der Waals surface area contributed by atoms with E-state index in [1.165, 1.54) is 0 Å². The lowest BCUT2D eigenvalue weighted by molar-refractivity contribution is 0.221. The van der Waals surface area contributed by atoms with Gasteiger partial charge in [0, 0.05) is 6.54 Å². The summed E-state index contributed by atoms with van der Waals surface area (Å²) in [4.78, 5) is 8.13. The summed E-state index contributed by atoms with van der Waals surface area (Å²) in [6.07, 6.45) is 4.79. The largest absolute Gasteiger partial charge is 0.486 e. The van der Waals surface area contributed by atoms with E-state index in [-0.39, 0.29) is 6.10 Å². The molecule has 1 aliphatic heterocycles. The van der Waals surface area contributed by atoms with E-state index >= 15 is 0 Å². The van der Waals surface area contributed by atoms with E-state index in [9.17, 15) is 0 Å². The second-order valence-corrected chi connectivity index (χ2v) is 3.20. The molecule has 0 saturated carbocycles. The molecule has 0 amide bonds. The van der Waals surface area contributed by atoms with Crippen molar-refractivity contribution < 1.29 is 4.74 Å². The van der Waals surface area contributed by atoms with Crippen molar-refractivity contribution in [3.8, 4) is 5.75 Å². The number of hydrogen-bond donors (Lipinski definition) is 1. The van der Waals surface area contributed by atoms with Gasteiger partial charge in [-0.05, 0) is 19.9 Å². The zero-order chi connectivity index (χ0) is 9.10. The SMILES string of the molecule is Cc1ncc(O[C@@H]2CCNC2)cn1. The van der Waals surface area contributed by atoms with Crippen LogP contribution < -0.4 is 10.1 Å². The van der Waals surface area contributed by atoms with Crippen molar-refractivity contribution in [1.82, 2.24) is 15.3 Å². The molecule has 0 radical (unpaired) electrons. The molecule has 0 unspecified atom stereocenters. The van der Waals surface area contributed by atoms with Crippen LogP contribution in [0.5, 0.6) is 5.75 Å². The van der Waals surface area contributed by atoms with Crippen LogP contribution in [0.3, 0.4) is 0 Å². The van der Waals surface area contributed by atoms with E-state index < -0.39 is 0 Å². The van der Waals surface area contributed by atoms with Gasteiger partial charge in [0.1, 0.15) is 11.9 Å². The second-order valence-electron chi connectivity index (χ2n) is 3.20. The molecular weight excluding hydrogens is 166 g/mol. The first-order valence-electron chi connectivity index (χ1n) is 4.50. The Morgan fingerprint density at radius 3 is 2.85 bits per heavy atom. The van der Waals surface area contributed by atoms with Crippen LogP contribution in [0.4, 0.5) is 0 Å². The topological polar surface area (TPSA) is 47.0 Å². The molecule has 0 spiro atoms. The normalized spacial score (nSPS) is 21.8. The number of ether oxygens (including phenoxy) is 1. The summed E-state index contributed by atoms with van der Waals surface area (Å²) in [5.74, 6) is 1.54. The van der Waals surface area contributed by atoms with Gasteiger partial charge in [0.25, 0.3) is 0 Å². The first kappa shape index (κ1) is 8.44. The molecule has 1 aliphatic rings. The molecule has 1 saturated heterocycles. The van der Waals surface area contributed by atoms with Crippen LogP contribution in [0, 0.1) is 6.92 Å². The van der Waals surface area contributed by atoms with E-state index in [2.05, 4.69) is 15.3 Å². The lowest BCUT2D eigenvalue weighted by Gasteiger charge is -2.10. The van der Waals surface area contributed by atoms with E-state index in [4.69, 9.17) is 4.74 Å². The molecule has 1 aromatic rings. The molecule has 1 atom stereocenters. The van der Waals surface area contributed by atoms with Crippen molar-refractivity contribution in [2.24, 2.45) is 0 Å². The van der Waals surface area contributed by atoms with Crippen molar-refractivity contribution in [2.75, 3.05) is 13.1 Å². The minimum atomic E-state index is 0.284. The van der Waals surface area contributed by atoms with Gasteiger partial charge in [-0.15, -0.1) is 0 Å². The van der Waals surface area contributed by atoms with Crippen molar-refractivity contribution >= 4 is 0 Å². The summed E-state index contributed by atoms with van der Waals surface area (Å²) < 4.78 is 5.64. The highest BCUT2D eigenvalue weighted by molar-refractivity contribution is 5.12. The van der Waals surface area contributed by atoms with Gasteiger partial charge in [0.15, 0.2) is 5.75 Å². The van der Waals surface area contributed by atoms with Gasteiger partial charge in [-0.25, -0.2) is 9.97 Å². The van der Waals surface area contributed by atoms with Crippen LogP contribution in [0.25, 0.3) is 0 Å². The molecule has 1 N–H and O–H groups in total. The fraction of sp³-hybridized carbons (Fsp3) is 0.556. The van der Waals surface area contributed by atoms with Crippen molar-refractivity contribution in [1.29, 1.82) is 0 Å². The third kappa shape index (κ3) is 2.15. The number of nitrogens with one attached hydrogen (secondary N) is 1. The molecule has 0 aliphatic carbocycles. The molecule has 1 aromatic heterocycles. The van der Waals surface area contributed by atoms with Crippen molar-refractivity contribution in [3.05, 3.63) is 18.2 Å². The van der Waals surface area contributed by atoms with Crippen LogP contribution in [-0.4, -0.2) is 29.2 Å². The van der Waals surface area contributed by atoms with Gasteiger partial charge < -0.3 is 10.1 Å². The first-order chi connectivity index (χ1) is 6.34. The summed E-state index contributed by atoms with van der Waals surface area (Å²) in [5.41, 5.74) is 0. The summed E-state index contributed by atoms with van der Waals surface area (Å²) in [6, 6.07) is 0. The Morgan fingerprint density at radius 1 is 1.46 bits per heavy atom. The van der Waals surface area contributed by atoms with Crippen molar-refractivity contribution in [2.45, 2.75) is 19.4 Å². The minimum absolute atomic E-state index is 0.284. The van der Waals surface area contributed by atoms with E-state index in [1.807, 2.05) is 6.92 Å². The predicted octanol–water partition coefficient (Wildman–Crippen LogP) is 0.526. The first-order valence-corrected chi connectivity index (χ1v) is 4.50. The maximum Gasteiger partial charge on any atom is 0.156 e. The number of aromatic nitrogens is 2. The highest BCUT2D eigenvalue weighted by atomic mass is 16.5. The van der Waals surface area contributed by atoms with Crippen molar-refractivity contribution in [3.63, 3.8) is 0 Å². The Balaban J connectivity index is 1.97. The number of nitrogens with zero attached hydrogens (tertiary/aromatic N) is 2. The summed E-state index contributed by atoms with van der Waals surface area (Å²) in [5, 5.41) is 3.24. The van der Waals surface area contributed by atoms with Crippen LogP contribution in [0.1, 0.15) is 12.2 Å². The third-order valence-electron chi connectivity index (χ3n) is 2.08. The summed E-state index contributed by atoms with van der Waals surface area (Å²) >= 11 is 0. The zero-order valence-electron chi connectivity index (χ0n) is 7.66.